The summed E-state index contributed by atoms with van der Waals surface area (Å²) in [6.07, 6.45) is 0. The first-order valence-electron chi connectivity index (χ1n) is 4.78. The van der Waals surface area contributed by atoms with E-state index in [1.807, 2.05) is 32.0 Å². The van der Waals surface area contributed by atoms with Crippen molar-refractivity contribution in [1.29, 1.82) is 0 Å². The highest BCUT2D eigenvalue weighted by Crippen LogP contribution is 2.12. The Balaban J connectivity index is 2.95. The Labute approximate surface area is 85.4 Å². The van der Waals surface area contributed by atoms with Gasteiger partial charge >= 0.3 is 0 Å². The van der Waals surface area contributed by atoms with Crippen molar-refractivity contribution >= 4 is 11.8 Å². The van der Waals surface area contributed by atoms with Crippen molar-refractivity contribution in [2.75, 3.05) is 24.3 Å². The molecule has 1 heterocycles. The number of nitrogens with zero attached hydrogens (tertiary/aromatic N) is 3. The summed E-state index contributed by atoms with van der Waals surface area (Å²) in [5.74, 6) is 1.63. The van der Waals surface area contributed by atoms with Crippen LogP contribution in [0.3, 0.4) is 0 Å². The summed E-state index contributed by atoms with van der Waals surface area (Å²) in [5.41, 5.74) is 0.979. The van der Waals surface area contributed by atoms with E-state index >= 15 is 0 Å². The van der Waals surface area contributed by atoms with Crippen molar-refractivity contribution < 1.29 is 0 Å². The standard InChI is InChI=1S/C10H18N4/c1-7(2)11-9-6-8(3)12-10(13-9)14(4)5/h6-7H,1-5H3,(H,11,12,13). The van der Waals surface area contributed by atoms with Crippen LogP contribution >= 0.6 is 0 Å². The van der Waals surface area contributed by atoms with Crippen LogP contribution < -0.4 is 10.2 Å². The van der Waals surface area contributed by atoms with Crippen LogP contribution in [-0.2, 0) is 0 Å². The maximum absolute atomic E-state index is 4.38. The number of nitrogens with one attached hydrogen (secondary N) is 1. The van der Waals surface area contributed by atoms with E-state index in [1.54, 1.807) is 0 Å². The van der Waals surface area contributed by atoms with E-state index in [4.69, 9.17) is 0 Å². The highest BCUT2D eigenvalue weighted by molar-refractivity contribution is 5.43. The molecule has 0 aliphatic heterocycles. The smallest absolute Gasteiger partial charge is 0.226 e. The van der Waals surface area contributed by atoms with Gasteiger partial charge in [-0.2, -0.15) is 4.98 Å². The minimum atomic E-state index is 0.388. The van der Waals surface area contributed by atoms with Crippen LogP contribution in [0.15, 0.2) is 6.07 Å². The van der Waals surface area contributed by atoms with Gasteiger partial charge in [-0.1, -0.05) is 0 Å². The Bertz CT molecular complexity index is 307. The number of hydrogen-bond donors (Lipinski definition) is 1. The number of anilines is 2. The Morgan fingerprint density at radius 3 is 2.43 bits per heavy atom. The van der Waals surface area contributed by atoms with Gasteiger partial charge < -0.3 is 10.2 Å². The Morgan fingerprint density at radius 1 is 1.29 bits per heavy atom. The SMILES string of the molecule is Cc1cc(NC(C)C)nc(N(C)C)n1. The van der Waals surface area contributed by atoms with Crippen LogP contribution in [-0.4, -0.2) is 30.1 Å². The van der Waals surface area contributed by atoms with E-state index in [0.717, 1.165) is 17.5 Å². The lowest BCUT2D eigenvalue weighted by Gasteiger charge is -2.14. The van der Waals surface area contributed by atoms with E-state index < -0.39 is 0 Å². The third-order valence-corrected chi connectivity index (χ3v) is 1.68. The Hall–Kier alpha value is -1.32. The highest BCUT2D eigenvalue weighted by Gasteiger charge is 2.04. The van der Waals surface area contributed by atoms with E-state index in [-0.39, 0.29) is 0 Å². The molecule has 0 aromatic carbocycles. The van der Waals surface area contributed by atoms with Gasteiger partial charge in [0.15, 0.2) is 0 Å². The molecule has 4 nitrogen and oxygen atoms in total. The van der Waals surface area contributed by atoms with Gasteiger partial charge in [-0.05, 0) is 20.8 Å². The Morgan fingerprint density at radius 2 is 1.93 bits per heavy atom. The third kappa shape index (κ3) is 2.87. The molecule has 1 N–H and O–H groups in total. The van der Waals surface area contributed by atoms with Crippen LogP contribution in [0, 0.1) is 6.92 Å². The molecule has 0 atom stereocenters. The number of hydrogen-bond acceptors (Lipinski definition) is 4. The first kappa shape index (κ1) is 10.8. The zero-order valence-corrected chi connectivity index (χ0v) is 9.50. The summed E-state index contributed by atoms with van der Waals surface area (Å²) < 4.78 is 0. The minimum absolute atomic E-state index is 0.388. The van der Waals surface area contributed by atoms with Gasteiger partial charge in [-0.15, -0.1) is 0 Å². The molecule has 0 amide bonds. The lowest BCUT2D eigenvalue weighted by Crippen LogP contribution is -2.16. The fourth-order valence-electron chi connectivity index (χ4n) is 1.12. The normalized spacial score (nSPS) is 10.4. The lowest BCUT2D eigenvalue weighted by molar-refractivity contribution is 0.878. The number of aryl methyl sites for hydroxylation is 1. The average molecular weight is 194 g/mol. The number of aromatic nitrogens is 2. The molecule has 1 rings (SSSR count). The lowest BCUT2D eigenvalue weighted by atomic mass is 10.3. The molecule has 78 valence electrons. The van der Waals surface area contributed by atoms with E-state index in [0.29, 0.717) is 6.04 Å². The summed E-state index contributed by atoms with van der Waals surface area (Å²) in [7, 11) is 3.88. The molecular weight excluding hydrogens is 176 g/mol. The molecule has 1 aromatic heterocycles. The second kappa shape index (κ2) is 4.26. The average Bonchev–Trinajstić information content (AvgIpc) is 2.01. The van der Waals surface area contributed by atoms with Crippen LogP contribution in [0.25, 0.3) is 0 Å². The molecule has 1 aromatic rings. The molecule has 0 bridgehead atoms. The van der Waals surface area contributed by atoms with Crippen molar-refractivity contribution in [2.45, 2.75) is 26.8 Å². The van der Waals surface area contributed by atoms with Gasteiger partial charge in [-0.25, -0.2) is 4.98 Å². The third-order valence-electron chi connectivity index (χ3n) is 1.68. The van der Waals surface area contributed by atoms with Crippen LogP contribution in [0.5, 0.6) is 0 Å². The van der Waals surface area contributed by atoms with Crippen molar-refractivity contribution in [3.8, 4) is 0 Å². The van der Waals surface area contributed by atoms with Crippen molar-refractivity contribution in [3.63, 3.8) is 0 Å². The molecule has 0 spiro atoms. The number of rotatable bonds is 3. The predicted molar refractivity (Wildman–Crippen MR) is 59.9 cm³/mol. The van der Waals surface area contributed by atoms with Crippen LogP contribution in [0.2, 0.25) is 0 Å². The van der Waals surface area contributed by atoms with Gasteiger partial charge in [0.1, 0.15) is 5.82 Å². The van der Waals surface area contributed by atoms with Gasteiger partial charge in [-0.3, -0.25) is 0 Å². The molecule has 0 unspecified atom stereocenters. The first-order chi connectivity index (χ1) is 6.49. The molecule has 0 fully saturated rings. The summed E-state index contributed by atoms with van der Waals surface area (Å²) >= 11 is 0. The minimum Gasteiger partial charge on any atom is -0.368 e. The zero-order valence-electron chi connectivity index (χ0n) is 9.50. The Kier molecular flexibility index (Phi) is 3.28. The maximum Gasteiger partial charge on any atom is 0.226 e. The van der Waals surface area contributed by atoms with Crippen LogP contribution in [0.4, 0.5) is 11.8 Å². The predicted octanol–water partition coefficient (Wildman–Crippen LogP) is 1.67. The highest BCUT2D eigenvalue weighted by atomic mass is 15.2. The molecule has 0 aliphatic carbocycles. The van der Waals surface area contributed by atoms with Crippen molar-refractivity contribution in [2.24, 2.45) is 0 Å². The van der Waals surface area contributed by atoms with Gasteiger partial charge in [0.05, 0.1) is 0 Å². The second-order valence-corrected chi connectivity index (χ2v) is 3.89. The van der Waals surface area contributed by atoms with Crippen molar-refractivity contribution in [3.05, 3.63) is 11.8 Å². The molecule has 0 saturated carbocycles. The quantitative estimate of drug-likeness (QED) is 0.794. The summed E-state index contributed by atoms with van der Waals surface area (Å²) in [5, 5.41) is 3.26. The summed E-state index contributed by atoms with van der Waals surface area (Å²) in [4.78, 5) is 10.6. The second-order valence-electron chi connectivity index (χ2n) is 3.89. The molecule has 14 heavy (non-hydrogen) atoms. The fourth-order valence-corrected chi connectivity index (χ4v) is 1.12. The van der Waals surface area contributed by atoms with Gasteiger partial charge in [0.2, 0.25) is 5.95 Å². The molecule has 0 saturated heterocycles. The van der Waals surface area contributed by atoms with Gasteiger partial charge in [0.25, 0.3) is 0 Å². The van der Waals surface area contributed by atoms with E-state index in [9.17, 15) is 0 Å². The van der Waals surface area contributed by atoms with E-state index in [2.05, 4.69) is 29.1 Å². The fraction of sp³-hybridized carbons (Fsp3) is 0.600. The molecular formula is C10H18N4. The summed E-state index contributed by atoms with van der Waals surface area (Å²) in [6, 6.07) is 2.34. The zero-order chi connectivity index (χ0) is 10.7. The van der Waals surface area contributed by atoms with Gasteiger partial charge in [0, 0.05) is 31.9 Å². The summed E-state index contributed by atoms with van der Waals surface area (Å²) in [6.45, 7) is 6.15. The first-order valence-corrected chi connectivity index (χ1v) is 4.78. The van der Waals surface area contributed by atoms with E-state index in [1.165, 1.54) is 0 Å². The molecule has 0 radical (unpaired) electrons. The maximum atomic E-state index is 4.38. The monoisotopic (exact) mass is 194 g/mol. The molecule has 0 aliphatic rings. The topological polar surface area (TPSA) is 41.1 Å². The molecule has 4 heteroatoms. The van der Waals surface area contributed by atoms with Crippen molar-refractivity contribution in [1.82, 2.24) is 9.97 Å². The van der Waals surface area contributed by atoms with Crippen LogP contribution in [0.1, 0.15) is 19.5 Å². The largest absolute Gasteiger partial charge is 0.368 e.